The fourth-order valence-electron chi connectivity index (χ4n) is 2.87. The van der Waals surface area contributed by atoms with E-state index in [9.17, 15) is 9.59 Å². The van der Waals surface area contributed by atoms with Crippen LogP contribution in [-0.4, -0.2) is 27.6 Å². The third-order valence-corrected chi connectivity index (χ3v) is 4.41. The summed E-state index contributed by atoms with van der Waals surface area (Å²) in [4.78, 5) is 25.3. The van der Waals surface area contributed by atoms with E-state index in [1.807, 2.05) is 50.2 Å². The number of hydrogen-bond donors (Lipinski definition) is 2. The summed E-state index contributed by atoms with van der Waals surface area (Å²) in [6, 6.07) is 19.9. The van der Waals surface area contributed by atoms with Gasteiger partial charge in [0.2, 0.25) is 5.91 Å². The lowest BCUT2D eigenvalue weighted by Gasteiger charge is -2.22. The maximum absolute atomic E-state index is 12.9. The molecule has 144 valence electrons. The summed E-state index contributed by atoms with van der Waals surface area (Å²) in [6.45, 7) is 4.35. The van der Waals surface area contributed by atoms with E-state index in [1.165, 1.54) is 0 Å². The van der Waals surface area contributed by atoms with Crippen molar-refractivity contribution in [3.63, 3.8) is 0 Å². The molecular weight excluding hydrogens is 352 g/mol. The van der Waals surface area contributed by atoms with Gasteiger partial charge < -0.3 is 10.6 Å². The summed E-state index contributed by atoms with van der Waals surface area (Å²) in [7, 11) is 0. The third kappa shape index (κ3) is 4.85. The Hall–Kier alpha value is -3.41. The molecule has 0 radical (unpaired) electrons. The zero-order valence-electron chi connectivity index (χ0n) is 16.0. The number of rotatable bonds is 7. The quantitative estimate of drug-likeness (QED) is 0.664. The Morgan fingerprint density at radius 3 is 2.25 bits per heavy atom. The van der Waals surface area contributed by atoms with Crippen LogP contribution in [0.25, 0.3) is 0 Å². The highest BCUT2D eigenvalue weighted by Gasteiger charge is 2.25. The van der Waals surface area contributed by atoms with Gasteiger partial charge in [0.15, 0.2) is 0 Å². The normalized spacial score (nSPS) is 11.8. The van der Waals surface area contributed by atoms with Crippen LogP contribution in [0, 0.1) is 5.92 Å². The minimum atomic E-state index is -0.659. The van der Waals surface area contributed by atoms with Crippen LogP contribution in [0.15, 0.2) is 72.9 Å². The highest BCUT2D eigenvalue weighted by atomic mass is 16.2. The van der Waals surface area contributed by atoms with E-state index in [4.69, 9.17) is 0 Å². The number of aromatic nitrogens is 2. The summed E-state index contributed by atoms with van der Waals surface area (Å²) in [6.07, 6.45) is 1.64. The molecule has 0 saturated carbocycles. The van der Waals surface area contributed by atoms with Gasteiger partial charge in [0, 0.05) is 11.6 Å². The SMILES string of the molecule is CC(C)C(NC(=O)c1ccccc1)C(=O)Nc1ccnn1Cc1ccccc1. The Kier molecular flexibility index (Phi) is 6.22. The van der Waals surface area contributed by atoms with E-state index >= 15 is 0 Å². The molecule has 3 rings (SSSR count). The van der Waals surface area contributed by atoms with Crippen molar-refractivity contribution in [3.8, 4) is 0 Å². The topological polar surface area (TPSA) is 76.0 Å². The molecule has 2 amide bonds. The van der Waals surface area contributed by atoms with E-state index in [2.05, 4.69) is 15.7 Å². The Morgan fingerprint density at radius 2 is 1.61 bits per heavy atom. The van der Waals surface area contributed by atoms with Gasteiger partial charge in [0.1, 0.15) is 11.9 Å². The summed E-state index contributed by atoms with van der Waals surface area (Å²) < 4.78 is 1.73. The first-order chi connectivity index (χ1) is 13.5. The van der Waals surface area contributed by atoms with Gasteiger partial charge in [-0.05, 0) is 23.6 Å². The molecule has 1 heterocycles. The second-order valence-electron chi connectivity index (χ2n) is 6.91. The summed E-state index contributed by atoms with van der Waals surface area (Å²) >= 11 is 0. The summed E-state index contributed by atoms with van der Waals surface area (Å²) in [5.74, 6) is -0.0204. The Morgan fingerprint density at radius 1 is 0.964 bits per heavy atom. The first-order valence-corrected chi connectivity index (χ1v) is 9.27. The molecule has 2 N–H and O–H groups in total. The lowest BCUT2D eigenvalue weighted by atomic mass is 10.0. The maximum atomic E-state index is 12.9. The van der Waals surface area contributed by atoms with Crippen molar-refractivity contribution in [2.45, 2.75) is 26.4 Å². The van der Waals surface area contributed by atoms with Crippen molar-refractivity contribution >= 4 is 17.6 Å². The van der Waals surface area contributed by atoms with Crippen molar-refractivity contribution in [1.29, 1.82) is 0 Å². The van der Waals surface area contributed by atoms with E-state index in [1.54, 1.807) is 41.2 Å². The molecule has 0 aliphatic heterocycles. The third-order valence-electron chi connectivity index (χ3n) is 4.41. The van der Waals surface area contributed by atoms with Crippen molar-refractivity contribution in [2.24, 2.45) is 5.92 Å². The van der Waals surface area contributed by atoms with Crippen molar-refractivity contribution in [2.75, 3.05) is 5.32 Å². The summed E-state index contributed by atoms with van der Waals surface area (Å²) in [5.41, 5.74) is 1.61. The van der Waals surface area contributed by atoms with Crippen molar-refractivity contribution in [3.05, 3.63) is 84.1 Å². The molecule has 1 aromatic heterocycles. The number of carbonyl (C=O) groups is 2. The second-order valence-corrected chi connectivity index (χ2v) is 6.91. The average molecular weight is 376 g/mol. The number of amides is 2. The van der Waals surface area contributed by atoms with Crippen LogP contribution >= 0.6 is 0 Å². The average Bonchev–Trinajstić information content (AvgIpc) is 3.13. The van der Waals surface area contributed by atoms with E-state index in [0.29, 0.717) is 17.9 Å². The predicted octanol–water partition coefficient (Wildman–Crippen LogP) is 3.32. The predicted molar refractivity (Wildman–Crippen MR) is 109 cm³/mol. The molecule has 0 aliphatic carbocycles. The Labute approximate surface area is 164 Å². The first-order valence-electron chi connectivity index (χ1n) is 9.27. The molecule has 0 saturated heterocycles. The second kappa shape index (κ2) is 8.99. The van der Waals surface area contributed by atoms with Crippen LogP contribution in [0.1, 0.15) is 29.8 Å². The number of anilines is 1. The molecule has 2 aromatic carbocycles. The molecule has 0 bridgehead atoms. The minimum Gasteiger partial charge on any atom is -0.340 e. The summed E-state index contributed by atoms with van der Waals surface area (Å²) in [5, 5.41) is 10.0. The van der Waals surface area contributed by atoms with Gasteiger partial charge in [-0.1, -0.05) is 62.4 Å². The van der Waals surface area contributed by atoms with Crippen LogP contribution in [0.4, 0.5) is 5.82 Å². The minimum absolute atomic E-state index is 0.0712. The van der Waals surface area contributed by atoms with Gasteiger partial charge in [-0.15, -0.1) is 0 Å². The number of hydrogen-bond acceptors (Lipinski definition) is 3. The lowest BCUT2D eigenvalue weighted by molar-refractivity contribution is -0.118. The smallest absolute Gasteiger partial charge is 0.251 e. The molecule has 1 atom stereocenters. The number of benzene rings is 2. The Balaban J connectivity index is 1.70. The van der Waals surface area contributed by atoms with E-state index in [0.717, 1.165) is 5.56 Å². The monoisotopic (exact) mass is 376 g/mol. The highest BCUT2D eigenvalue weighted by Crippen LogP contribution is 2.13. The van der Waals surface area contributed by atoms with Crippen LogP contribution in [-0.2, 0) is 11.3 Å². The molecule has 1 unspecified atom stereocenters. The molecule has 28 heavy (non-hydrogen) atoms. The van der Waals surface area contributed by atoms with Gasteiger partial charge >= 0.3 is 0 Å². The molecule has 3 aromatic rings. The molecule has 6 nitrogen and oxygen atoms in total. The number of nitrogens with zero attached hydrogens (tertiary/aromatic N) is 2. The Bertz CT molecular complexity index is 920. The highest BCUT2D eigenvalue weighted by molar-refractivity contribution is 6.01. The zero-order valence-corrected chi connectivity index (χ0v) is 16.0. The molecule has 6 heteroatoms. The van der Waals surface area contributed by atoms with Gasteiger partial charge in [0.25, 0.3) is 5.91 Å². The number of nitrogens with one attached hydrogen (secondary N) is 2. The fraction of sp³-hybridized carbons (Fsp3) is 0.227. The molecule has 0 aliphatic rings. The standard InChI is InChI=1S/C22H24N4O2/c1-16(2)20(25-21(27)18-11-7-4-8-12-18)22(28)24-19-13-14-23-26(19)15-17-9-5-3-6-10-17/h3-14,16,20H,15H2,1-2H3,(H,24,28)(H,25,27). The van der Waals surface area contributed by atoms with Crippen LogP contribution in [0.3, 0.4) is 0 Å². The number of carbonyl (C=O) groups excluding carboxylic acids is 2. The van der Waals surface area contributed by atoms with E-state index < -0.39 is 6.04 Å². The molecule has 0 spiro atoms. The fourth-order valence-corrected chi connectivity index (χ4v) is 2.87. The largest absolute Gasteiger partial charge is 0.340 e. The van der Waals surface area contributed by atoms with Crippen molar-refractivity contribution in [1.82, 2.24) is 15.1 Å². The molecule has 0 fully saturated rings. The first kappa shape index (κ1) is 19.4. The van der Waals surface area contributed by atoms with Crippen molar-refractivity contribution < 1.29 is 9.59 Å². The van der Waals surface area contributed by atoms with E-state index in [-0.39, 0.29) is 17.7 Å². The van der Waals surface area contributed by atoms with Gasteiger partial charge in [0.05, 0.1) is 12.7 Å². The van der Waals surface area contributed by atoms with Gasteiger partial charge in [-0.2, -0.15) is 5.10 Å². The maximum Gasteiger partial charge on any atom is 0.251 e. The van der Waals surface area contributed by atoms with Crippen LogP contribution < -0.4 is 10.6 Å². The van der Waals surface area contributed by atoms with Gasteiger partial charge in [-0.25, -0.2) is 4.68 Å². The zero-order chi connectivity index (χ0) is 19.9. The molecular formula is C22H24N4O2. The lowest BCUT2D eigenvalue weighted by Crippen LogP contribution is -2.47. The van der Waals surface area contributed by atoms with Crippen LogP contribution in [0.2, 0.25) is 0 Å². The van der Waals surface area contributed by atoms with Crippen LogP contribution in [0.5, 0.6) is 0 Å². The van der Waals surface area contributed by atoms with Gasteiger partial charge in [-0.3, -0.25) is 9.59 Å².